The number of rotatable bonds is 2. The number of aldehydes is 1. The van der Waals surface area contributed by atoms with Crippen molar-refractivity contribution in [2.75, 3.05) is 19.7 Å². The average Bonchev–Trinajstić information content (AvgIpc) is 3.10. The molecule has 25 heavy (non-hydrogen) atoms. The second-order valence-electron chi connectivity index (χ2n) is 7.55. The molecule has 1 atom stereocenters. The van der Waals surface area contributed by atoms with Crippen molar-refractivity contribution in [2.45, 2.75) is 38.2 Å². The van der Waals surface area contributed by atoms with Crippen molar-refractivity contribution >= 4 is 18.3 Å². The molecule has 0 saturated carbocycles. The average molecular weight is 347 g/mol. The van der Waals surface area contributed by atoms with E-state index in [4.69, 9.17) is 9.47 Å². The number of fused-ring (bicyclic) bond motifs is 2. The van der Waals surface area contributed by atoms with Gasteiger partial charge in [-0.15, -0.1) is 0 Å². The summed E-state index contributed by atoms with van der Waals surface area (Å²) in [5, 5.41) is 9.22. The minimum atomic E-state index is -1.17. The number of carboxylic acid groups (broad SMARTS) is 1. The van der Waals surface area contributed by atoms with Gasteiger partial charge in [-0.05, 0) is 33.3 Å². The van der Waals surface area contributed by atoms with Crippen LogP contribution < -0.4 is 4.74 Å². The second-order valence-corrected chi connectivity index (χ2v) is 7.55. The van der Waals surface area contributed by atoms with Crippen LogP contribution in [0.25, 0.3) is 0 Å². The topological polar surface area (TPSA) is 93.1 Å². The van der Waals surface area contributed by atoms with Gasteiger partial charge in [-0.25, -0.2) is 9.59 Å². The Bertz CT molecular complexity index is 751. The van der Waals surface area contributed by atoms with E-state index < -0.39 is 17.0 Å². The second kappa shape index (κ2) is 5.75. The molecule has 2 heterocycles. The lowest BCUT2D eigenvalue weighted by Crippen LogP contribution is -2.38. The summed E-state index contributed by atoms with van der Waals surface area (Å²) in [4.78, 5) is 36.6. The minimum absolute atomic E-state index is 0.0533. The number of benzene rings is 1. The maximum Gasteiger partial charge on any atom is 0.410 e. The first-order chi connectivity index (χ1) is 11.7. The summed E-state index contributed by atoms with van der Waals surface area (Å²) in [6, 6.07) is 3.12. The van der Waals surface area contributed by atoms with Gasteiger partial charge in [0.1, 0.15) is 11.4 Å². The van der Waals surface area contributed by atoms with Crippen molar-refractivity contribution < 1.29 is 29.0 Å². The van der Waals surface area contributed by atoms with Gasteiger partial charge in [-0.1, -0.05) is 6.07 Å². The lowest BCUT2D eigenvalue weighted by molar-refractivity contribution is 0.0282. The first-order valence-electron chi connectivity index (χ1n) is 8.13. The van der Waals surface area contributed by atoms with Gasteiger partial charge in [0.25, 0.3) is 0 Å². The molecule has 0 radical (unpaired) electrons. The molecule has 0 bridgehead atoms. The molecule has 7 nitrogen and oxygen atoms in total. The zero-order valence-electron chi connectivity index (χ0n) is 14.5. The Morgan fingerprint density at radius 2 is 2.08 bits per heavy atom. The summed E-state index contributed by atoms with van der Waals surface area (Å²) in [6.07, 6.45) is 0.807. The van der Waals surface area contributed by atoms with Gasteiger partial charge in [0, 0.05) is 18.7 Å². The summed E-state index contributed by atoms with van der Waals surface area (Å²) in [7, 11) is 0. The van der Waals surface area contributed by atoms with Crippen LogP contribution in [-0.4, -0.2) is 53.7 Å². The lowest BCUT2D eigenvalue weighted by Gasteiger charge is -2.26. The number of hydrogen-bond acceptors (Lipinski definition) is 5. The number of carbonyl (C=O) groups is 3. The summed E-state index contributed by atoms with van der Waals surface area (Å²) in [5.74, 6) is -0.850. The molecule has 1 spiro atoms. The highest BCUT2D eigenvalue weighted by Crippen LogP contribution is 2.47. The van der Waals surface area contributed by atoms with E-state index in [1.54, 1.807) is 11.0 Å². The smallest absolute Gasteiger partial charge is 0.410 e. The highest BCUT2D eigenvalue weighted by molar-refractivity contribution is 5.99. The third-order valence-corrected chi connectivity index (χ3v) is 4.61. The van der Waals surface area contributed by atoms with Crippen LogP contribution in [0.5, 0.6) is 5.75 Å². The Morgan fingerprint density at radius 1 is 1.36 bits per heavy atom. The molecular weight excluding hydrogens is 326 g/mol. The summed E-state index contributed by atoms with van der Waals surface area (Å²) < 4.78 is 11.1. The number of carbonyl (C=O) groups excluding carboxylic acids is 2. The molecule has 134 valence electrons. The molecule has 2 aliphatic heterocycles. The van der Waals surface area contributed by atoms with Crippen LogP contribution >= 0.6 is 0 Å². The number of carboxylic acids is 1. The van der Waals surface area contributed by atoms with Crippen LogP contribution in [0.3, 0.4) is 0 Å². The van der Waals surface area contributed by atoms with Crippen LogP contribution in [0.4, 0.5) is 4.79 Å². The molecule has 7 heteroatoms. The quantitative estimate of drug-likeness (QED) is 0.826. The van der Waals surface area contributed by atoms with E-state index in [0.29, 0.717) is 38.2 Å². The Balaban J connectivity index is 1.90. The molecule has 0 aliphatic carbocycles. The third-order valence-electron chi connectivity index (χ3n) is 4.61. The highest BCUT2D eigenvalue weighted by Gasteiger charge is 2.49. The van der Waals surface area contributed by atoms with E-state index in [9.17, 15) is 19.5 Å². The van der Waals surface area contributed by atoms with Gasteiger partial charge in [-0.3, -0.25) is 4.79 Å². The fourth-order valence-electron chi connectivity index (χ4n) is 3.46. The zero-order valence-corrected chi connectivity index (χ0v) is 14.5. The number of amides is 1. The highest BCUT2D eigenvalue weighted by atomic mass is 16.6. The molecule has 1 aromatic carbocycles. The van der Waals surface area contributed by atoms with Crippen molar-refractivity contribution in [3.63, 3.8) is 0 Å². The lowest BCUT2D eigenvalue weighted by atomic mass is 9.80. The molecule has 1 amide bonds. The SMILES string of the molecule is CC(C)(C)OC(=O)N1CCC2(COc3c2ccc(C(=O)O)c3C=O)C1. The van der Waals surface area contributed by atoms with E-state index >= 15 is 0 Å². The maximum absolute atomic E-state index is 12.3. The molecular formula is C18H21NO6. The van der Waals surface area contributed by atoms with Crippen LogP contribution in [0.15, 0.2) is 12.1 Å². The number of aromatic carboxylic acids is 1. The van der Waals surface area contributed by atoms with Crippen LogP contribution in [0, 0.1) is 0 Å². The Morgan fingerprint density at radius 3 is 2.68 bits per heavy atom. The minimum Gasteiger partial charge on any atom is -0.491 e. The van der Waals surface area contributed by atoms with E-state index in [1.807, 2.05) is 20.8 Å². The van der Waals surface area contributed by atoms with Crippen molar-refractivity contribution in [1.29, 1.82) is 0 Å². The number of ether oxygens (including phenoxy) is 2. The van der Waals surface area contributed by atoms with Gasteiger partial charge in [0.15, 0.2) is 6.29 Å². The molecule has 1 aromatic rings. The van der Waals surface area contributed by atoms with Gasteiger partial charge in [0.2, 0.25) is 0 Å². The predicted octanol–water partition coefficient (Wildman–Crippen LogP) is 2.47. The van der Waals surface area contributed by atoms with Crippen molar-refractivity contribution in [3.8, 4) is 5.75 Å². The van der Waals surface area contributed by atoms with Gasteiger partial charge >= 0.3 is 12.1 Å². The molecule has 1 fully saturated rings. The number of nitrogens with zero attached hydrogens (tertiary/aromatic N) is 1. The van der Waals surface area contributed by atoms with Gasteiger partial charge in [0.05, 0.1) is 23.1 Å². The summed E-state index contributed by atoms with van der Waals surface area (Å²) in [6.45, 7) is 6.69. The van der Waals surface area contributed by atoms with E-state index in [1.165, 1.54) is 6.07 Å². The number of hydrogen-bond donors (Lipinski definition) is 1. The number of likely N-dealkylation sites (tertiary alicyclic amines) is 1. The molecule has 3 rings (SSSR count). The maximum atomic E-state index is 12.3. The normalized spacial score (nSPS) is 21.8. The summed E-state index contributed by atoms with van der Waals surface area (Å²) in [5.41, 5.74) is -0.241. The Hall–Kier alpha value is -2.57. The Kier molecular flexibility index (Phi) is 3.97. The largest absolute Gasteiger partial charge is 0.491 e. The fraction of sp³-hybridized carbons (Fsp3) is 0.500. The predicted molar refractivity (Wildman–Crippen MR) is 88.4 cm³/mol. The standard InChI is InChI=1S/C18H21NO6/c1-17(2,3)25-16(23)19-7-6-18(9-19)10-24-14-12(8-20)11(15(21)22)4-5-13(14)18/h4-5,8H,6-7,9-10H2,1-3H3,(H,21,22). The van der Waals surface area contributed by atoms with Crippen molar-refractivity contribution in [2.24, 2.45) is 0 Å². The monoisotopic (exact) mass is 347 g/mol. The van der Waals surface area contributed by atoms with E-state index in [0.717, 1.165) is 5.56 Å². The van der Waals surface area contributed by atoms with Gasteiger partial charge < -0.3 is 19.5 Å². The molecule has 2 aliphatic rings. The van der Waals surface area contributed by atoms with Crippen molar-refractivity contribution in [1.82, 2.24) is 4.90 Å². The molecule has 0 aromatic heterocycles. The van der Waals surface area contributed by atoms with Crippen molar-refractivity contribution in [3.05, 3.63) is 28.8 Å². The molecule has 1 unspecified atom stereocenters. The molecule has 1 saturated heterocycles. The molecule has 1 N–H and O–H groups in total. The van der Waals surface area contributed by atoms with E-state index in [2.05, 4.69) is 0 Å². The fourth-order valence-corrected chi connectivity index (χ4v) is 3.46. The first-order valence-corrected chi connectivity index (χ1v) is 8.13. The van der Waals surface area contributed by atoms with Gasteiger partial charge in [-0.2, -0.15) is 0 Å². The van der Waals surface area contributed by atoms with Crippen LogP contribution in [0.2, 0.25) is 0 Å². The third kappa shape index (κ3) is 2.94. The zero-order chi connectivity index (χ0) is 18.4. The first kappa shape index (κ1) is 17.3. The Labute approximate surface area is 145 Å². The van der Waals surface area contributed by atoms with E-state index in [-0.39, 0.29) is 17.2 Å². The van der Waals surface area contributed by atoms with Crippen LogP contribution in [0.1, 0.15) is 53.5 Å². The van der Waals surface area contributed by atoms with Crippen LogP contribution in [-0.2, 0) is 10.2 Å². The summed E-state index contributed by atoms with van der Waals surface area (Å²) >= 11 is 0.